The molecule has 1 aromatic carbocycles. The van der Waals surface area contributed by atoms with Crippen LogP contribution in [-0.2, 0) is 18.9 Å². The molecule has 0 spiro atoms. The number of methoxy groups -OCH3 is 1. The predicted molar refractivity (Wildman–Crippen MR) is 131 cm³/mol. The van der Waals surface area contributed by atoms with Crippen LogP contribution in [0.2, 0.25) is 0 Å². The first-order chi connectivity index (χ1) is 16.0. The van der Waals surface area contributed by atoms with E-state index in [1.165, 1.54) is 0 Å². The van der Waals surface area contributed by atoms with Gasteiger partial charge in [0.1, 0.15) is 18.0 Å². The molecule has 0 bridgehead atoms. The van der Waals surface area contributed by atoms with E-state index in [1.807, 2.05) is 77.1 Å². The molecule has 2 aliphatic rings. The zero-order chi connectivity index (χ0) is 25.0. The monoisotopic (exact) mass is 477 g/mol. The molecule has 0 saturated carbocycles. The van der Waals surface area contributed by atoms with Crippen molar-refractivity contribution in [3.8, 4) is 5.75 Å². The van der Waals surface area contributed by atoms with Gasteiger partial charge < -0.3 is 38.8 Å². The Hall–Kier alpha value is -1.94. The molecule has 34 heavy (non-hydrogen) atoms. The molecule has 6 atom stereocenters. The molecular weight excluding hydrogens is 438 g/mol. The van der Waals surface area contributed by atoms with Gasteiger partial charge >= 0.3 is 0 Å². The second-order valence-electron chi connectivity index (χ2n) is 9.60. The van der Waals surface area contributed by atoms with E-state index in [2.05, 4.69) is 0 Å². The molecule has 0 aromatic heterocycles. The number of fused-ring (bicyclic) bond motifs is 2. The van der Waals surface area contributed by atoms with Crippen LogP contribution >= 0.6 is 0 Å². The summed E-state index contributed by atoms with van der Waals surface area (Å²) in [5, 5.41) is 21.9. The Labute approximate surface area is 202 Å². The highest BCUT2D eigenvalue weighted by molar-refractivity contribution is 5.66. The maximum absolute atomic E-state index is 11.1. The first kappa shape index (κ1) is 26.7. The first-order valence-corrected chi connectivity index (χ1v) is 11.7. The molecule has 2 aliphatic heterocycles. The number of anilines is 1. The number of nitrogens with zero attached hydrogens (tertiary/aromatic N) is 1. The van der Waals surface area contributed by atoms with Crippen molar-refractivity contribution in [1.82, 2.24) is 0 Å². The van der Waals surface area contributed by atoms with Crippen LogP contribution in [0, 0.1) is 5.92 Å². The molecule has 0 radical (unpaired) electrons. The largest absolute Gasteiger partial charge is 0.467 e. The highest BCUT2D eigenvalue weighted by atomic mass is 16.8. The van der Waals surface area contributed by atoms with Gasteiger partial charge in [-0.1, -0.05) is 31.2 Å². The third-order valence-electron chi connectivity index (χ3n) is 6.17. The minimum Gasteiger partial charge on any atom is -0.467 e. The van der Waals surface area contributed by atoms with Gasteiger partial charge in [-0.2, -0.15) is 0 Å². The molecule has 8 heteroatoms. The molecule has 1 aromatic rings. The van der Waals surface area contributed by atoms with Crippen molar-refractivity contribution in [2.45, 2.75) is 70.6 Å². The lowest BCUT2D eigenvalue weighted by atomic mass is 9.98. The molecular formula is C26H39NO7. The summed E-state index contributed by atoms with van der Waals surface area (Å²) in [6.45, 7) is 7.59. The van der Waals surface area contributed by atoms with Gasteiger partial charge in [-0.05, 0) is 38.8 Å². The highest BCUT2D eigenvalue weighted by Gasteiger charge is 2.43. The van der Waals surface area contributed by atoms with E-state index in [-0.39, 0.29) is 24.9 Å². The van der Waals surface area contributed by atoms with Gasteiger partial charge in [-0.25, -0.2) is 0 Å². The minimum atomic E-state index is -1.22. The summed E-state index contributed by atoms with van der Waals surface area (Å²) in [7, 11) is 5.43. The molecule has 0 aliphatic carbocycles. The van der Waals surface area contributed by atoms with Crippen LogP contribution in [0.3, 0.4) is 0 Å². The zero-order valence-electron chi connectivity index (χ0n) is 21.2. The fraction of sp³-hybridized carbons (Fsp3) is 0.615. The number of aliphatic hydroxyl groups is 2. The summed E-state index contributed by atoms with van der Waals surface area (Å²) >= 11 is 0. The minimum absolute atomic E-state index is 0.0380. The lowest BCUT2D eigenvalue weighted by molar-refractivity contribution is -0.152. The Morgan fingerprint density at radius 1 is 1.12 bits per heavy atom. The summed E-state index contributed by atoms with van der Waals surface area (Å²) < 4.78 is 29.1. The van der Waals surface area contributed by atoms with E-state index in [1.54, 1.807) is 13.2 Å². The standard InChI is InChI=1S/C26H39NO7/c1-16-11-12-20(28)24-21(33-26(3,4)34-24)10-8-9-18-13-19(27(5)6)14-22(31-15-30-7)23(18)25(29)32-17(16)2/h8-9,11-14,16-17,20-21,24-25,28-29H,10,15H2,1-7H3/b9-8+,12-11-/t16-,17+,20+,21+,24-,25+/m1/s1. The smallest absolute Gasteiger partial charge is 0.188 e. The second-order valence-corrected chi connectivity index (χ2v) is 9.60. The molecule has 8 nitrogen and oxygen atoms in total. The average molecular weight is 478 g/mol. The number of aliphatic hydroxyl groups excluding tert-OH is 2. The average Bonchev–Trinajstić information content (AvgIpc) is 3.08. The highest BCUT2D eigenvalue weighted by Crippen LogP contribution is 2.37. The van der Waals surface area contributed by atoms with Crippen LogP contribution in [0.15, 0.2) is 30.4 Å². The molecule has 3 rings (SSSR count). The van der Waals surface area contributed by atoms with E-state index in [0.29, 0.717) is 17.7 Å². The summed E-state index contributed by atoms with van der Waals surface area (Å²) in [5.41, 5.74) is 2.19. The predicted octanol–water partition coefficient (Wildman–Crippen LogP) is 3.62. The summed E-state index contributed by atoms with van der Waals surface area (Å²) in [6, 6.07) is 3.83. The lowest BCUT2D eigenvalue weighted by Gasteiger charge is -2.27. The molecule has 2 heterocycles. The van der Waals surface area contributed by atoms with Crippen molar-refractivity contribution in [2.75, 3.05) is 32.9 Å². The van der Waals surface area contributed by atoms with E-state index in [9.17, 15) is 10.2 Å². The van der Waals surface area contributed by atoms with Gasteiger partial charge in [0.25, 0.3) is 0 Å². The van der Waals surface area contributed by atoms with E-state index < -0.39 is 24.3 Å². The molecule has 2 N–H and O–H groups in total. The Morgan fingerprint density at radius 2 is 1.85 bits per heavy atom. The van der Waals surface area contributed by atoms with Crippen LogP contribution in [-0.4, -0.2) is 68.4 Å². The maximum Gasteiger partial charge on any atom is 0.188 e. The molecule has 0 amide bonds. The van der Waals surface area contributed by atoms with Crippen LogP contribution in [0.1, 0.15) is 51.5 Å². The number of hydrogen-bond acceptors (Lipinski definition) is 8. The van der Waals surface area contributed by atoms with Crippen molar-refractivity contribution in [3.05, 3.63) is 41.5 Å². The number of ether oxygens (including phenoxy) is 5. The van der Waals surface area contributed by atoms with E-state index >= 15 is 0 Å². The summed E-state index contributed by atoms with van der Waals surface area (Å²) in [6.07, 6.45) is 4.78. The fourth-order valence-corrected chi connectivity index (χ4v) is 4.15. The molecule has 1 saturated heterocycles. The number of benzene rings is 1. The van der Waals surface area contributed by atoms with Gasteiger partial charge in [0.05, 0.1) is 17.8 Å². The second kappa shape index (κ2) is 11.2. The van der Waals surface area contributed by atoms with Crippen molar-refractivity contribution in [2.24, 2.45) is 5.92 Å². The SMILES string of the molecule is COCOc1cc(N(C)C)cc2c1[C@@H](O)O[C@@H](C)[C@H](C)/C=C\[C@H](O)[C@H]1OC(C)(C)O[C@H]1C/C=C/2. The maximum atomic E-state index is 11.1. The van der Waals surface area contributed by atoms with Gasteiger partial charge in [0.2, 0.25) is 0 Å². The first-order valence-electron chi connectivity index (χ1n) is 11.7. The fourth-order valence-electron chi connectivity index (χ4n) is 4.15. The lowest BCUT2D eigenvalue weighted by Crippen LogP contribution is -2.34. The van der Waals surface area contributed by atoms with E-state index in [4.69, 9.17) is 23.7 Å². The van der Waals surface area contributed by atoms with Gasteiger partial charge in [0, 0.05) is 38.9 Å². The quantitative estimate of drug-likeness (QED) is 0.502. The van der Waals surface area contributed by atoms with Crippen molar-refractivity contribution >= 4 is 11.8 Å². The molecule has 0 unspecified atom stereocenters. The third-order valence-corrected chi connectivity index (χ3v) is 6.17. The Kier molecular flexibility index (Phi) is 8.78. The topological polar surface area (TPSA) is 89.9 Å². The van der Waals surface area contributed by atoms with E-state index in [0.717, 1.165) is 11.3 Å². The van der Waals surface area contributed by atoms with Crippen molar-refractivity contribution in [3.63, 3.8) is 0 Å². The summed E-state index contributed by atoms with van der Waals surface area (Å²) in [4.78, 5) is 1.96. The third kappa shape index (κ3) is 6.38. The van der Waals surface area contributed by atoms with Crippen molar-refractivity contribution in [1.29, 1.82) is 0 Å². The normalized spacial score (nSPS) is 33.3. The Bertz CT molecular complexity index is 882. The van der Waals surface area contributed by atoms with Crippen LogP contribution in [0.4, 0.5) is 5.69 Å². The number of rotatable bonds is 4. The summed E-state index contributed by atoms with van der Waals surface area (Å²) in [5.74, 6) is -0.386. The van der Waals surface area contributed by atoms with Crippen LogP contribution in [0.5, 0.6) is 5.75 Å². The van der Waals surface area contributed by atoms with Crippen molar-refractivity contribution < 1.29 is 33.9 Å². The Morgan fingerprint density at radius 3 is 2.53 bits per heavy atom. The van der Waals surface area contributed by atoms with Gasteiger partial charge in [0.15, 0.2) is 18.9 Å². The van der Waals surface area contributed by atoms with Crippen LogP contribution in [0.25, 0.3) is 6.08 Å². The zero-order valence-corrected chi connectivity index (χ0v) is 21.2. The number of hydrogen-bond donors (Lipinski definition) is 2. The molecule has 190 valence electrons. The Balaban J connectivity index is 2.08. The van der Waals surface area contributed by atoms with Gasteiger partial charge in [-0.3, -0.25) is 0 Å². The van der Waals surface area contributed by atoms with Crippen LogP contribution < -0.4 is 9.64 Å². The molecule has 1 fully saturated rings. The van der Waals surface area contributed by atoms with Gasteiger partial charge in [-0.15, -0.1) is 0 Å².